The highest BCUT2D eigenvalue weighted by Crippen LogP contribution is 2.30. The summed E-state index contributed by atoms with van der Waals surface area (Å²) in [5.41, 5.74) is 6.44. The third-order valence-electron chi connectivity index (χ3n) is 3.08. The lowest BCUT2D eigenvalue weighted by atomic mass is 10.1. The monoisotopic (exact) mass is 280 g/mol. The standard InChI is InChI=1S/C14H17ClN2O2/c1-8-9-5-4-6-10(15)12(9)19-11(8)13(18)17-14(2,3)7-16/h4-6H,7,16H2,1-3H3,(H,17,18). The summed E-state index contributed by atoms with van der Waals surface area (Å²) in [6, 6.07) is 5.45. The summed E-state index contributed by atoms with van der Waals surface area (Å²) in [5.74, 6) is 0.00448. The molecule has 0 atom stereocenters. The number of nitrogens with one attached hydrogen (secondary N) is 1. The van der Waals surface area contributed by atoms with E-state index in [4.69, 9.17) is 21.8 Å². The van der Waals surface area contributed by atoms with Crippen LogP contribution in [0.2, 0.25) is 5.02 Å². The highest BCUT2D eigenvalue weighted by molar-refractivity contribution is 6.35. The second kappa shape index (κ2) is 4.87. The molecule has 4 nitrogen and oxygen atoms in total. The van der Waals surface area contributed by atoms with Gasteiger partial charge in [0.05, 0.1) is 5.02 Å². The number of nitrogens with two attached hydrogens (primary N) is 1. The first-order chi connectivity index (χ1) is 8.85. The van der Waals surface area contributed by atoms with Gasteiger partial charge in [0.25, 0.3) is 5.91 Å². The molecule has 2 rings (SSSR count). The molecule has 0 aliphatic heterocycles. The number of amides is 1. The van der Waals surface area contributed by atoms with E-state index in [0.717, 1.165) is 10.9 Å². The number of hydrogen-bond acceptors (Lipinski definition) is 3. The van der Waals surface area contributed by atoms with Crippen molar-refractivity contribution in [2.45, 2.75) is 26.3 Å². The zero-order valence-corrected chi connectivity index (χ0v) is 12.0. The van der Waals surface area contributed by atoms with Crippen molar-refractivity contribution in [3.63, 3.8) is 0 Å². The molecule has 0 aliphatic carbocycles. The number of furan rings is 1. The first-order valence-corrected chi connectivity index (χ1v) is 6.44. The molecule has 19 heavy (non-hydrogen) atoms. The van der Waals surface area contributed by atoms with E-state index in [1.807, 2.05) is 32.9 Å². The van der Waals surface area contributed by atoms with Crippen LogP contribution >= 0.6 is 11.6 Å². The number of halogens is 1. The number of carbonyl (C=O) groups is 1. The molecular weight excluding hydrogens is 264 g/mol. The zero-order chi connectivity index (χ0) is 14.2. The van der Waals surface area contributed by atoms with Crippen LogP contribution in [0, 0.1) is 6.92 Å². The van der Waals surface area contributed by atoms with Crippen LogP contribution in [-0.2, 0) is 0 Å². The zero-order valence-electron chi connectivity index (χ0n) is 11.2. The van der Waals surface area contributed by atoms with Crippen LogP contribution in [0.5, 0.6) is 0 Å². The fourth-order valence-electron chi connectivity index (χ4n) is 1.84. The van der Waals surface area contributed by atoms with E-state index in [1.54, 1.807) is 6.07 Å². The molecule has 3 N–H and O–H groups in total. The van der Waals surface area contributed by atoms with Crippen LogP contribution in [0.4, 0.5) is 0 Å². The Balaban J connectivity index is 2.44. The van der Waals surface area contributed by atoms with E-state index < -0.39 is 5.54 Å². The van der Waals surface area contributed by atoms with Gasteiger partial charge in [-0.2, -0.15) is 0 Å². The molecule has 1 amide bonds. The number of rotatable bonds is 3. The molecule has 1 aromatic carbocycles. The highest BCUT2D eigenvalue weighted by atomic mass is 35.5. The van der Waals surface area contributed by atoms with Crippen LogP contribution in [0.1, 0.15) is 30.0 Å². The number of hydrogen-bond donors (Lipinski definition) is 2. The number of carbonyl (C=O) groups excluding carboxylic acids is 1. The molecular formula is C14H17ClN2O2. The SMILES string of the molecule is Cc1c(C(=O)NC(C)(C)CN)oc2c(Cl)cccc12. The van der Waals surface area contributed by atoms with Crippen molar-refractivity contribution in [3.8, 4) is 0 Å². The second-order valence-electron chi connectivity index (χ2n) is 5.21. The van der Waals surface area contributed by atoms with Gasteiger partial charge >= 0.3 is 0 Å². The minimum Gasteiger partial charge on any atom is -0.449 e. The minimum absolute atomic E-state index is 0.278. The summed E-state index contributed by atoms with van der Waals surface area (Å²) >= 11 is 6.06. The van der Waals surface area contributed by atoms with Gasteiger partial charge in [-0.05, 0) is 26.8 Å². The normalized spacial score (nSPS) is 11.8. The van der Waals surface area contributed by atoms with Gasteiger partial charge in [-0.3, -0.25) is 4.79 Å². The fourth-order valence-corrected chi connectivity index (χ4v) is 2.05. The van der Waals surface area contributed by atoms with E-state index in [1.165, 1.54) is 0 Å². The van der Waals surface area contributed by atoms with Gasteiger partial charge in [-0.1, -0.05) is 23.7 Å². The lowest BCUT2D eigenvalue weighted by Crippen LogP contribution is -2.48. The maximum absolute atomic E-state index is 12.2. The van der Waals surface area contributed by atoms with Crippen molar-refractivity contribution < 1.29 is 9.21 Å². The lowest BCUT2D eigenvalue weighted by Gasteiger charge is -2.23. The van der Waals surface area contributed by atoms with Crippen molar-refractivity contribution in [3.05, 3.63) is 34.5 Å². The van der Waals surface area contributed by atoms with Crippen LogP contribution in [0.25, 0.3) is 11.0 Å². The Morgan fingerprint density at radius 1 is 1.47 bits per heavy atom. The smallest absolute Gasteiger partial charge is 0.287 e. The average Bonchev–Trinajstić information content (AvgIpc) is 2.68. The van der Waals surface area contributed by atoms with Crippen molar-refractivity contribution >= 4 is 28.5 Å². The maximum atomic E-state index is 12.2. The van der Waals surface area contributed by atoms with E-state index in [9.17, 15) is 4.79 Å². The average molecular weight is 281 g/mol. The molecule has 0 saturated carbocycles. The number of benzene rings is 1. The minimum atomic E-state index is -0.480. The Kier molecular flexibility index (Phi) is 3.56. The molecule has 1 aromatic heterocycles. The molecule has 0 fully saturated rings. The Bertz CT molecular complexity index is 632. The Morgan fingerprint density at radius 2 is 2.16 bits per heavy atom. The van der Waals surface area contributed by atoms with Crippen LogP contribution in [0.3, 0.4) is 0 Å². The van der Waals surface area contributed by atoms with Gasteiger partial charge < -0.3 is 15.5 Å². The molecule has 0 spiro atoms. The predicted octanol–water partition coefficient (Wildman–Crippen LogP) is 2.86. The van der Waals surface area contributed by atoms with E-state index in [2.05, 4.69) is 5.32 Å². The highest BCUT2D eigenvalue weighted by Gasteiger charge is 2.24. The van der Waals surface area contributed by atoms with Gasteiger partial charge in [-0.15, -0.1) is 0 Å². The predicted molar refractivity (Wildman–Crippen MR) is 76.6 cm³/mol. The first kappa shape index (κ1) is 13.9. The molecule has 0 radical (unpaired) electrons. The summed E-state index contributed by atoms with van der Waals surface area (Å²) < 4.78 is 5.60. The summed E-state index contributed by atoms with van der Waals surface area (Å²) in [6.45, 7) is 5.90. The number of para-hydroxylation sites is 1. The largest absolute Gasteiger partial charge is 0.449 e. The van der Waals surface area contributed by atoms with Crippen LogP contribution < -0.4 is 11.1 Å². The van der Waals surface area contributed by atoms with Crippen molar-refractivity contribution in [1.29, 1.82) is 0 Å². The summed E-state index contributed by atoms with van der Waals surface area (Å²) in [6.07, 6.45) is 0. The van der Waals surface area contributed by atoms with E-state index >= 15 is 0 Å². The molecule has 0 unspecified atom stereocenters. The molecule has 0 saturated heterocycles. The van der Waals surface area contributed by atoms with Crippen LogP contribution in [-0.4, -0.2) is 18.0 Å². The summed E-state index contributed by atoms with van der Waals surface area (Å²) in [5, 5.41) is 4.19. The van der Waals surface area contributed by atoms with Gasteiger partial charge in [0.1, 0.15) is 0 Å². The molecule has 0 aliphatic rings. The van der Waals surface area contributed by atoms with Crippen molar-refractivity contribution in [2.24, 2.45) is 5.73 Å². The topological polar surface area (TPSA) is 68.3 Å². The molecule has 0 bridgehead atoms. The lowest BCUT2D eigenvalue weighted by molar-refractivity contribution is 0.0888. The van der Waals surface area contributed by atoms with Gasteiger partial charge in [0, 0.05) is 23.0 Å². The third kappa shape index (κ3) is 2.60. The Morgan fingerprint density at radius 3 is 2.74 bits per heavy atom. The van der Waals surface area contributed by atoms with Crippen LogP contribution in [0.15, 0.2) is 22.6 Å². The Labute approximate surface area is 116 Å². The molecule has 1 heterocycles. The van der Waals surface area contributed by atoms with E-state index in [0.29, 0.717) is 17.2 Å². The van der Waals surface area contributed by atoms with Crippen molar-refractivity contribution in [2.75, 3.05) is 6.54 Å². The number of fused-ring (bicyclic) bond motifs is 1. The van der Waals surface area contributed by atoms with Gasteiger partial charge in [0.15, 0.2) is 11.3 Å². The fraction of sp³-hybridized carbons (Fsp3) is 0.357. The second-order valence-corrected chi connectivity index (χ2v) is 5.62. The Hall–Kier alpha value is -1.52. The first-order valence-electron chi connectivity index (χ1n) is 6.06. The third-order valence-corrected chi connectivity index (χ3v) is 3.38. The summed E-state index contributed by atoms with van der Waals surface area (Å²) in [7, 11) is 0. The molecule has 102 valence electrons. The summed E-state index contributed by atoms with van der Waals surface area (Å²) in [4.78, 5) is 12.2. The maximum Gasteiger partial charge on any atom is 0.287 e. The molecule has 5 heteroatoms. The van der Waals surface area contributed by atoms with Gasteiger partial charge in [-0.25, -0.2) is 0 Å². The quantitative estimate of drug-likeness (QED) is 0.908. The van der Waals surface area contributed by atoms with Gasteiger partial charge in [0.2, 0.25) is 0 Å². The molecule has 2 aromatic rings. The van der Waals surface area contributed by atoms with E-state index in [-0.39, 0.29) is 11.7 Å². The van der Waals surface area contributed by atoms with Crippen molar-refractivity contribution in [1.82, 2.24) is 5.32 Å². The number of aryl methyl sites for hydroxylation is 1.